The Morgan fingerprint density at radius 3 is 2.17 bits per heavy atom. The second-order valence-electron chi connectivity index (χ2n) is 9.37. The van der Waals surface area contributed by atoms with Gasteiger partial charge in [0.25, 0.3) is 11.5 Å². The van der Waals surface area contributed by atoms with Crippen molar-refractivity contribution in [3.8, 4) is 28.4 Å². The minimum absolute atomic E-state index is 0.248. The van der Waals surface area contributed by atoms with Crippen LogP contribution in [0.3, 0.4) is 0 Å². The predicted octanol–water partition coefficient (Wildman–Crippen LogP) is 5.75. The van der Waals surface area contributed by atoms with E-state index >= 15 is 0 Å². The van der Waals surface area contributed by atoms with Gasteiger partial charge in [-0.05, 0) is 61.5 Å². The summed E-state index contributed by atoms with van der Waals surface area (Å²) < 4.78 is 10.7. The van der Waals surface area contributed by atoms with Crippen LogP contribution in [0.25, 0.3) is 28.7 Å². The van der Waals surface area contributed by atoms with E-state index in [-0.39, 0.29) is 17.2 Å². The lowest BCUT2D eigenvalue weighted by Crippen LogP contribution is -2.33. The number of carbonyl (C=O) groups excluding carboxylic acids is 1. The van der Waals surface area contributed by atoms with Crippen molar-refractivity contribution in [2.24, 2.45) is 7.05 Å². The van der Waals surface area contributed by atoms with E-state index in [2.05, 4.69) is 0 Å². The third-order valence-electron chi connectivity index (χ3n) is 6.95. The summed E-state index contributed by atoms with van der Waals surface area (Å²) in [6.45, 7) is 1.81. The van der Waals surface area contributed by atoms with E-state index in [0.717, 1.165) is 22.6 Å². The lowest BCUT2D eigenvalue weighted by atomic mass is 10.1. The van der Waals surface area contributed by atoms with Crippen LogP contribution in [0, 0.1) is 6.92 Å². The van der Waals surface area contributed by atoms with E-state index in [1.54, 1.807) is 34.3 Å². The van der Waals surface area contributed by atoms with Crippen LogP contribution in [0.5, 0.6) is 5.75 Å². The highest BCUT2D eigenvalue weighted by Gasteiger charge is 2.38. The van der Waals surface area contributed by atoms with Crippen molar-refractivity contribution in [2.45, 2.75) is 6.92 Å². The molecule has 1 aliphatic heterocycles. The van der Waals surface area contributed by atoms with Gasteiger partial charge in [0.05, 0.1) is 34.8 Å². The fourth-order valence-corrected chi connectivity index (χ4v) is 6.05. The molecule has 1 fully saturated rings. The first-order chi connectivity index (χ1) is 19.9. The number of para-hydroxylation sites is 2. The van der Waals surface area contributed by atoms with E-state index in [9.17, 15) is 9.59 Å². The van der Waals surface area contributed by atoms with Gasteiger partial charge in [0.1, 0.15) is 11.4 Å². The Hall–Kier alpha value is -4.67. The Morgan fingerprint density at radius 1 is 0.902 bits per heavy atom. The number of nitrogens with zero attached hydrogens (tertiary/aromatic N) is 5. The molecule has 5 aromatic rings. The minimum atomic E-state index is -0.348. The third kappa shape index (κ3) is 4.71. The Kier molecular flexibility index (Phi) is 6.94. The van der Waals surface area contributed by atoms with Crippen molar-refractivity contribution in [3.63, 3.8) is 0 Å². The maximum absolute atomic E-state index is 13.8. The zero-order valence-electron chi connectivity index (χ0n) is 22.5. The minimum Gasteiger partial charge on any atom is -0.497 e. The second kappa shape index (κ2) is 10.7. The molecule has 10 heteroatoms. The van der Waals surface area contributed by atoms with Crippen molar-refractivity contribution in [2.75, 3.05) is 12.0 Å². The van der Waals surface area contributed by atoms with Crippen LogP contribution in [-0.4, -0.2) is 36.5 Å². The molecule has 0 aliphatic carbocycles. The summed E-state index contributed by atoms with van der Waals surface area (Å²) in [5, 5.41) is 4.85. The highest BCUT2D eigenvalue weighted by molar-refractivity contribution is 8.27. The number of hydrogen-bond acceptors (Lipinski definition) is 6. The van der Waals surface area contributed by atoms with Gasteiger partial charge in [-0.1, -0.05) is 60.4 Å². The van der Waals surface area contributed by atoms with Crippen LogP contribution < -0.4 is 15.2 Å². The van der Waals surface area contributed by atoms with Crippen LogP contribution in [0.1, 0.15) is 11.3 Å². The van der Waals surface area contributed by atoms with E-state index < -0.39 is 0 Å². The molecule has 3 aromatic carbocycles. The molecule has 0 bridgehead atoms. The first-order valence-corrected chi connectivity index (χ1v) is 14.0. The summed E-state index contributed by atoms with van der Waals surface area (Å²) in [4.78, 5) is 29.2. The molecular formula is C31H25N5O3S2. The van der Waals surface area contributed by atoms with Gasteiger partial charge in [-0.2, -0.15) is 5.10 Å². The smallest absolute Gasteiger partial charge is 0.296 e. The summed E-state index contributed by atoms with van der Waals surface area (Å²) in [6, 6.07) is 26.7. The number of anilines is 1. The molecule has 0 saturated carbocycles. The van der Waals surface area contributed by atoms with E-state index in [4.69, 9.17) is 22.1 Å². The maximum Gasteiger partial charge on any atom is 0.296 e. The average Bonchev–Trinajstić information content (AvgIpc) is 3.61. The third-order valence-corrected chi connectivity index (χ3v) is 8.26. The molecule has 1 amide bonds. The normalized spacial score (nSPS) is 14.3. The largest absolute Gasteiger partial charge is 0.497 e. The number of ether oxygens (including phenoxy) is 1. The number of amides is 1. The average molecular weight is 580 g/mol. The quantitative estimate of drug-likeness (QED) is 0.188. The molecule has 1 saturated heterocycles. The van der Waals surface area contributed by atoms with Crippen molar-refractivity contribution >= 4 is 46.0 Å². The van der Waals surface area contributed by atoms with Crippen molar-refractivity contribution < 1.29 is 9.53 Å². The highest BCUT2D eigenvalue weighted by atomic mass is 32.2. The molecule has 41 heavy (non-hydrogen) atoms. The zero-order chi connectivity index (χ0) is 28.7. The molecule has 3 heterocycles. The van der Waals surface area contributed by atoms with Crippen molar-refractivity contribution in [1.82, 2.24) is 19.1 Å². The standard InChI is InChI=1S/C31H25N5O3S2/c1-20-28(30(38)36(33(20)2)24-12-8-5-9-13-24)35-29(37)26(41-31(35)40)18-22-19-34(23-10-6-4-7-11-23)32-27(22)21-14-16-25(39-3)17-15-21/h4-19H,1-3H3/b26-18-. The number of methoxy groups -OCH3 is 1. The topological polar surface area (TPSA) is 74.3 Å². The van der Waals surface area contributed by atoms with E-state index in [1.807, 2.05) is 98.0 Å². The Morgan fingerprint density at radius 2 is 1.54 bits per heavy atom. The maximum atomic E-state index is 13.8. The van der Waals surface area contributed by atoms with E-state index in [1.165, 1.54) is 16.7 Å². The number of aromatic nitrogens is 4. The molecule has 8 nitrogen and oxygen atoms in total. The number of hydrogen-bond donors (Lipinski definition) is 0. The van der Waals surface area contributed by atoms with Gasteiger partial charge in [0, 0.05) is 24.4 Å². The van der Waals surface area contributed by atoms with Gasteiger partial charge >= 0.3 is 0 Å². The predicted molar refractivity (Wildman–Crippen MR) is 167 cm³/mol. The van der Waals surface area contributed by atoms with Crippen molar-refractivity contribution in [1.29, 1.82) is 0 Å². The van der Waals surface area contributed by atoms with Crippen LogP contribution in [0.15, 0.2) is 101 Å². The lowest BCUT2D eigenvalue weighted by Gasteiger charge is -2.12. The van der Waals surface area contributed by atoms with Gasteiger partial charge in [0.2, 0.25) is 0 Å². The van der Waals surface area contributed by atoms with Crippen molar-refractivity contribution in [3.05, 3.63) is 118 Å². The molecule has 6 rings (SSSR count). The van der Waals surface area contributed by atoms with Crippen LogP contribution in [-0.2, 0) is 11.8 Å². The second-order valence-corrected chi connectivity index (χ2v) is 11.0. The van der Waals surface area contributed by atoms with Gasteiger partial charge in [-0.25, -0.2) is 9.36 Å². The summed E-state index contributed by atoms with van der Waals surface area (Å²) in [7, 11) is 3.41. The summed E-state index contributed by atoms with van der Waals surface area (Å²) >= 11 is 6.82. The SMILES string of the molecule is COc1ccc(-c2nn(-c3ccccc3)cc2/C=C2\SC(=S)N(c3c(C)n(C)n(-c4ccccc4)c3=O)C2=O)cc1. The number of thiocarbonyl (C=S) groups is 1. The van der Waals surface area contributed by atoms with Gasteiger partial charge in [-0.3, -0.25) is 19.2 Å². The Labute approximate surface area is 246 Å². The molecule has 0 N–H and O–H groups in total. The lowest BCUT2D eigenvalue weighted by molar-refractivity contribution is -0.113. The number of carbonyl (C=O) groups is 1. The molecule has 1 aliphatic rings. The van der Waals surface area contributed by atoms with Gasteiger partial charge in [-0.15, -0.1) is 0 Å². The molecule has 0 atom stereocenters. The summed E-state index contributed by atoms with van der Waals surface area (Å²) in [5.41, 5.74) is 4.46. The first-order valence-electron chi connectivity index (χ1n) is 12.8. The van der Waals surface area contributed by atoms with Gasteiger partial charge in [0.15, 0.2) is 4.32 Å². The van der Waals surface area contributed by atoms with E-state index in [0.29, 0.717) is 26.3 Å². The summed E-state index contributed by atoms with van der Waals surface area (Å²) in [6.07, 6.45) is 3.68. The highest BCUT2D eigenvalue weighted by Crippen LogP contribution is 2.38. The first kappa shape index (κ1) is 26.5. The molecule has 0 spiro atoms. The molecule has 0 unspecified atom stereocenters. The molecule has 204 valence electrons. The monoisotopic (exact) mass is 579 g/mol. The summed E-state index contributed by atoms with van der Waals surface area (Å²) in [5.74, 6) is 0.386. The van der Waals surface area contributed by atoms with Crippen LogP contribution >= 0.6 is 24.0 Å². The molecule has 0 radical (unpaired) electrons. The van der Waals surface area contributed by atoms with Crippen LogP contribution in [0.4, 0.5) is 5.69 Å². The fourth-order valence-electron chi connectivity index (χ4n) is 4.79. The van der Waals surface area contributed by atoms with Crippen LogP contribution in [0.2, 0.25) is 0 Å². The zero-order valence-corrected chi connectivity index (χ0v) is 24.1. The van der Waals surface area contributed by atoms with Gasteiger partial charge < -0.3 is 4.74 Å². The number of thioether (sulfide) groups is 1. The fraction of sp³-hybridized carbons (Fsp3) is 0.0968. The Bertz CT molecular complexity index is 1870. The number of rotatable bonds is 6. The Balaban J connectivity index is 1.43. The molecular weight excluding hydrogens is 555 g/mol. The number of benzene rings is 3. The molecule has 2 aromatic heterocycles.